The van der Waals surface area contributed by atoms with Gasteiger partial charge in [-0.15, -0.1) is 0 Å². The Kier molecular flexibility index (Phi) is 5.64. The maximum Gasteiger partial charge on any atom is 0.267 e. The SMILES string of the molecule is O=c1c2ccccc2nc(-c2ccc(-c3cccn3Cc3ccccn3)cc2)n1-c1ccc(Cl)cn1. The highest BCUT2D eigenvalue weighted by Crippen LogP contribution is 2.27. The molecule has 174 valence electrons. The van der Waals surface area contributed by atoms with E-state index in [4.69, 9.17) is 16.6 Å². The van der Waals surface area contributed by atoms with Gasteiger partial charge in [-0.3, -0.25) is 9.78 Å². The molecule has 4 heterocycles. The minimum absolute atomic E-state index is 0.182. The van der Waals surface area contributed by atoms with Gasteiger partial charge in [0.15, 0.2) is 0 Å². The Bertz CT molecular complexity index is 1720. The zero-order valence-corrected chi connectivity index (χ0v) is 19.9. The fourth-order valence-electron chi connectivity index (χ4n) is 4.31. The second-order valence-corrected chi connectivity index (χ2v) is 8.78. The fourth-order valence-corrected chi connectivity index (χ4v) is 4.42. The van der Waals surface area contributed by atoms with E-state index in [0.29, 0.717) is 34.1 Å². The summed E-state index contributed by atoms with van der Waals surface area (Å²) < 4.78 is 3.70. The molecule has 7 heteroatoms. The van der Waals surface area contributed by atoms with Gasteiger partial charge in [-0.05, 0) is 54.1 Å². The highest BCUT2D eigenvalue weighted by molar-refractivity contribution is 6.30. The maximum absolute atomic E-state index is 13.5. The van der Waals surface area contributed by atoms with Crippen LogP contribution in [0.4, 0.5) is 0 Å². The van der Waals surface area contributed by atoms with Crippen LogP contribution < -0.4 is 5.56 Å². The maximum atomic E-state index is 13.5. The fraction of sp³-hybridized carbons (Fsp3) is 0.0345. The molecule has 0 N–H and O–H groups in total. The van der Waals surface area contributed by atoms with Crippen molar-refractivity contribution in [3.63, 3.8) is 0 Å². The van der Waals surface area contributed by atoms with Crippen molar-refractivity contribution in [2.24, 2.45) is 0 Å². The number of aromatic nitrogens is 5. The van der Waals surface area contributed by atoms with Gasteiger partial charge in [-0.25, -0.2) is 14.5 Å². The van der Waals surface area contributed by atoms with Crippen LogP contribution in [0.5, 0.6) is 0 Å². The number of nitrogens with zero attached hydrogens (tertiary/aromatic N) is 5. The van der Waals surface area contributed by atoms with Gasteiger partial charge < -0.3 is 4.57 Å². The third-order valence-electron chi connectivity index (χ3n) is 6.04. The molecule has 0 aliphatic rings. The van der Waals surface area contributed by atoms with E-state index in [-0.39, 0.29) is 5.56 Å². The summed E-state index contributed by atoms with van der Waals surface area (Å²) in [4.78, 5) is 27.2. The predicted octanol–water partition coefficient (Wildman–Crippen LogP) is 6.01. The minimum atomic E-state index is -0.182. The van der Waals surface area contributed by atoms with E-state index >= 15 is 0 Å². The molecule has 0 bridgehead atoms. The van der Waals surface area contributed by atoms with Crippen LogP contribution in [0, 0.1) is 0 Å². The lowest BCUT2D eigenvalue weighted by atomic mass is 10.1. The average Bonchev–Trinajstić information content (AvgIpc) is 3.38. The van der Waals surface area contributed by atoms with Gasteiger partial charge in [-0.1, -0.05) is 54.1 Å². The van der Waals surface area contributed by atoms with Gasteiger partial charge >= 0.3 is 0 Å². The predicted molar refractivity (Wildman–Crippen MR) is 142 cm³/mol. The normalized spacial score (nSPS) is 11.1. The molecule has 0 fully saturated rings. The molecule has 0 saturated carbocycles. The zero-order chi connectivity index (χ0) is 24.5. The van der Waals surface area contributed by atoms with E-state index in [0.717, 1.165) is 22.5 Å². The van der Waals surface area contributed by atoms with Gasteiger partial charge in [-0.2, -0.15) is 0 Å². The van der Waals surface area contributed by atoms with Crippen LogP contribution in [0.3, 0.4) is 0 Å². The Morgan fingerprint density at radius 1 is 0.778 bits per heavy atom. The first kappa shape index (κ1) is 21.9. The summed E-state index contributed by atoms with van der Waals surface area (Å²) in [6.07, 6.45) is 5.38. The molecule has 0 saturated heterocycles. The van der Waals surface area contributed by atoms with Gasteiger partial charge in [0.1, 0.15) is 11.6 Å². The third kappa shape index (κ3) is 4.08. The van der Waals surface area contributed by atoms with Crippen molar-refractivity contribution in [2.45, 2.75) is 6.54 Å². The smallest absolute Gasteiger partial charge is 0.267 e. The number of para-hydroxylation sites is 1. The van der Waals surface area contributed by atoms with Gasteiger partial charge in [0, 0.05) is 29.8 Å². The van der Waals surface area contributed by atoms with E-state index in [1.165, 1.54) is 10.8 Å². The molecular weight excluding hydrogens is 470 g/mol. The molecule has 4 aromatic heterocycles. The number of rotatable bonds is 5. The van der Waals surface area contributed by atoms with Crippen molar-refractivity contribution in [1.29, 1.82) is 0 Å². The van der Waals surface area contributed by atoms with Crippen LogP contribution in [-0.4, -0.2) is 24.1 Å². The minimum Gasteiger partial charge on any atom is -0.341 e. The van der Waals surface area contributed by atoms with Crippen LogP contribution in [0.2, 0.25) is 5.02 Å². The van der Waals surface area contributed by atoms with Crippen LogP contribution in [0.1, 0.15) is 5.69 Å². The summed E-state index contributed by atoms with van der Waals surface area (Å²) in [5.41, 5.74) is 4.39. The molecule has 0 amide bonds. The van der Waals surface area contributed by atoms with Crippen LogP contribution in [0.25, 0.3) is 39.4 Å². The molecule has 6 rings (SSSR count). The Morgan fingerprint density at radius 3 is 2.36 bits per heavy atom. The quantitative estimate of drug-likeness (QED) is 0.297. The lowest BCUT2D eigenvalue weighted by Crippen LogP contribution is -2.22. The van der Waals surface area contributed by atoms with Crippen molar-refractivity contribution in [2.75, 3.05) is 0 Å². The molecule has 0 atom stereocenters. The molecule has 0 aliphatic carbocycles. The third-order valence-corrected chi connectivity index (χ3v) is 6.27. The lowest BCUT2D eigenvalue weighted by Gasteiger charge is -2.14. The number of hydrogen-bond donors (Lipinski definition) is 0. The lowest BCUT2D eigenvalue weighted by molar-refractivity contribution is 0.788. The second-order valence-electron chi connectivity index (χ2n) is 8.35. The summed E-state index contributed by atoms with van der Waals surface area (Å²) in [6.45, 7) is 0.679. The summed E-state index contributed by atoms with van der Waals surface area (Å²) in [7, 11) is 0. The highest BCUT2D eigenvalue weighted by atomic mass is 35.5. The standard InChI is InChI=1S/C29H20ClN5O/c30-22-14-15-27(32-18-22)35-28(33-25-8-2-1-7-24(25)29(35)36)21-12-10-20(11-13-21)26-9-5-17-34(26)19-23-6-3-4-16-31-23/h1-18H,19H2. The molecule has 2 aromatic carbocycles. The molecule has 36 heavy (non-hydrogen) atoms. The highest BCUT2D eigenvalue weighted by Gasteiger charge is 2.16. The second kappa shape index (κ2) is 9.24. The summed E-state index contributed by atoms with van der Waals surface area (Å²) in [5, 5.41) is 1.03. The molecule has 6 nitrogen and oxygen atoms in total. The monoisotopic (exact) mass is 489 g/mol. The number of fused-ring (bicyclic) bond motifs is 1. The Balaban J connectivity index is 1.44. The first-order valence-corrected chi connectivity index (χ1v) is 11.8. The number of hydrogen-bond acceptors (Lipinski definition) is 4. The summed E-state index contributed by atoms with van der Waals surface area (Å²) in [5.74, 6) is 0.981. The van der Waals surface area contributed by atoms with Crippen molar-refractivity contribution >= 4 is 22.5 Å². The van der Waals surface area contributed by atoms with Crippen LogP contribution in [0.15, 0.2) is 114 Å². The van der Waals surface area contributed by atoms with Crippen molar-refractivity contribution < 1.29 is 0 Å². The number of pyridine rings is 2. The molecule has 0 radical (unpaired) electrons. The first-order chi connectivity index (χ1) is 17.7. The largest absolute Gasteiger partial charge is 0.341 e. The number of halogens is 1. The Morgan fingerprint density at radius 2 is 1.58 bits per heavy atom. The van der Waals surface area contributed by atoms with Gasteiger partial charge in [0.2, 0.25) is 0 Å². The Labute approximate surface area is 212 Å². The van der Waals surface area contributed by atoms with Crippen LogP contribution >= 0.6 is 11.6 Å². The van der Waals surface area contributed by atoms with E-state index in [9.17, 15) is 4.79 Å². The van der Waals surface area contributed by atoms with Gasteiger partial charge in [0.05, 0.1) is 28.2 Å². The molecule has 0 aliphatic heterocycles. The van der Waals surface area contributed by atoms with Crippen LogP contribution in [-0.2, 0) is 6.54 Å². The van der Waals surface area contributed by atoms with Crippen molar-refractivity contribution in [3.8, 4) is 28.5 Å². The molecule has 0 unspecified atom stereocenters. The average molecular weight is 490 g/mol. The molecule has 6 aromatic rings. The summed E-state index contributed by atoms with van der Waals surface area (Å²) in [6, 6.07) is 28.9. The van der Waals surface area contributed by atoms with Crippen molar-refractivity contribution in [1.82, 2.24) is 24.1 Å². The van der Waals surface area contributed by atoms with Crippen molar-refractivity contribution in [3.05, 3.63) is 131 Å². The van der Waals surface area contributed by atoms with Gasteiger partial charge in [0.25, 0.3) is 5.56 Å². The first-order valence-electron chi connectivity index (χ1n) is 11.5. The Hall–Kier alpha value is -4.55. The summed E-state index contributed by atoms with van der Waals surface area (Å²) >= 11 is 6.05. The van der Waals surface area contributed by atoms with E-state index in [1.807, 2.05) is 72.9 Å². The van der Waals surface area contributed by atoms with E-state index in [1.54, 1.807) is 24.4 Å². The van der Waals surface area contributed by atoms with E-state index in [2.05, 4.69) is 20.6 Å². The van der Waals surface area contributed by atoms with E-state index < -0.39 is 0 Å². The molecule has 0 spiro atoms. The molecular formula is C29H20ClN5O. The zero-order valence-electron chi connectivity index (χ0n) is 19.1. The topological polar surface area (TPSA) is 65.6 Å². The number of benzene rings is 2.